The van der Waals surface area contributed by atoms with Gasteiger partial charge in [0.2, 0.25) is 0 Å². The fourth-order valence-electron chi connectivity index (χ4n) is 3.44. The fourth-order valence-corrected chi connectivity index (χ4v) is 3.44. The van der Waals surface area contributed by atoms with Crippen LogP contribution >= 0.6 is 0 Å². The molecule has 1 aromatic carbocycles. The van der Waals surface area contributed by atoms with E-state index in [-0.39, 0.29) is 17.7 Å². The van der Waals surface area contributed by atoms with Crippen molar-refractivity contribution in [3.05, 3.63) is 33.9 Å². The molecule has 2 aliphatic rings. The van der Waals surface area contributed by atoms with Crippen molar-refractivity contribution in [3.8, 4) is 0 Å². The van der Waals surface area contributed by atoms with Gasteiger partial charge in [0, 0.05) is 37.9 Å². The number of nitro benzene ring substituents is 1. The molecule has 0 aromatic heterocycles. The molecule has 0 unspecified atom stereocenters. The first-order valence-electron chi connectivity index (χ1n) is 8.98. The van der Waals surface area contributed by atoms with Gasteiger partial charge in [0.1, 0.15) is 5.69 Å². The average Bonchev–Trinajstić information content (AvgIpc) is 3.13. The molecule has 136 valence electrons. The lowest BCUT2D eigenvalue weighted by Crippen LogP contribution is -2.33. The summed E-state index contributed by atoms with van der Waals surface area (Å²) in [5.74, 6) is 0.357. The Morgan fingerprint density at radius 3 is 2.76 bits per heavy atom. The molecule has 1 N–H and O–H groups in total. The molecular weight excluding hydrogens is 322 g/mol. The lowest BCUT2D eigenvalue weighted by atomic mass is 9.98. The Morgan fingerprint density at radius 2 is 2.12 bits per heavy atom. The van der Waals surface area contributed by atoms with Gasteiger partial charge in [-0.25, -0.2) is 0 Å². The number of carbonyl (C=O) groups is 1. The topological polar surface area (TPSA) is 84.7 Å². The Labute approximate surface area is 147 Å². The van der Waals surface area contributed by atoms with Gasteiger partial charge >= 0.3 is 0 Å². The molecule has 2 saturated heterocycles. The number of nitro groups is 1. The minimum Gasteiger partial charge on any atom is -0.376 e. The van der Waals surface area contributed by atoms with Crippen LogP contribution in [0.1, 0.15) is 43.0 Å². The number of hydrogen-bond acceptors (Lipinski definition) is 5. The van der Waals surface area contributed by atoms with Crippen LogP contribution in [0, 0.1) is 16.0 Å². The molecule has 2 heterocycles. The van der Waals surface area contributed by atoms with Crippen LogP contribution in [0.5, 0.6) is 0 Å². The van der Waals surface area contributed by atoms with Crippen molar-refractivity contribution in [2.24, 2.45) is 5.92 Å². The summed E-state index contributed by atoms with van der Waals surface area (Å²) in [5, 5.41) is 14.3. The average molecular weight is 347 g/mol. The van der Waals surface area contributed by atoms with Crippen LogP contribution in [-0.2, 0) is 4.74 Å². The van der Waals surface area contributed by atoms with Crippen molar-refractivity contribution in [1.29, 1.82) is 0 Å². The maximum atomic E-state index is 12.3. The Hall–Kier alpha value is -2.15. The Kier molecular flexibility index (Phi) is 5.53. The van der Waals surface area contributed by atoms with Crippen LogP contribution in [0.3, 0.4) is 0 Å². The molecule has 0 spiro atoms. The molecule has 0 aliphatic carbocycles. The number of ether oxygens (including phenoxy) is 1. The summed E-state index contributed by atoms with van der Waals surface area (Å²) in [5.41, 5.74) is 0.922. The van der Waals surface area contributed by atoms with Crippen LogP contribution < -0.4 is 10.2 Å². The highest BCUT2D eigenvalue weighted by atomic mass is 16.6. The number of amides is 1. The minimum atomic E-state index is -0.399. The van der Waals surface area contributed by atoms with E-state index in [4.69, 9.17) is 4.74 Å². The molecule has 1 amide bonds. The van der Waals surface area contributed by atoms with Gasteiger partial charge in [0.25, 0.3) is 11.6 Å². The summed E-state index contributed by atoms with van der Waals surface area (Å²) >= 11 is 0. The molecule has 0 radical (unpaired) electrons. The molecule has 7 heteroatoms. The summed E-state index contributed by atoms with van der Waals surface area (Å²) in [6, 6.07) is 4.76. The zero-order valence-corrected chi connectivity index (χ0v) is 14.6. The van der Waals surface area contributed by atoms with E-state index < -0.39 is 4.92 Å². The largest absolute Gasteiger partial charge is 0.376 e. The van der Waals surface area contributed by atoms with E-state index in [1.54, 1.807) is 12.1 Å². The number of benzene rings is 1. The summed E-state index contributed by atoms with van der Waals surface area (Å²) in [7, 11) is 0. The van der Waals surface area contributed by atoms with Crippen molar-refractivity contribution in [2.75, 3.05) is 31.1 Å². The molecule has 2 aliphatic heterocycles. The molecule has 7 nitrogen and oxygen atoms in total. The first kappa shape index (κ1) is 17.7. The van der Waals surface area contributed by atoms with Crippen LogP contribution in [0.4, 0.5) is 11.4 Å². The molecule has 0 saturated carbocycles. The third kappa shape index (κ3) is 4.28. The number of hydrogen-bond donors (Lipinski definition) is 1. The van der Waals surface area contributed by atoms with Gasteiger partial charge in [-0.2, -0.15) is 0 Å². The highest BCUT2D eigenvalue weighted by molar-refractivity contribution is 5.95. The number of piperidine rings is 1. The zero-order chi connectivity index (χ0) is 17.8. The van der Waals surface area contributed by atoms with Crippen molar-refractivity contribution in [3.63, 3.8) is 0 Å². The second-order valence-corrected chi connectivity index (χ2v) is 6.98. The maximum absolute atomic E-state index is 12.3. The van der Waals surface area contributed by atoms with E-state index in [2.05, 4.69) is 12.2 Å². The number of rotatable bonds is 5. The zero-order valence-electron chi connectivity index (χ0n) is 14.6. The molecule has 25 heavy (non-hydrogen) atoms. The Bertz CT molecular complexity index is 635. The first-order valence-corrected chi connectivity index (χ1v) is 8.98. The monoisotopic (exact) mass is 347 g/mol. The van der Waals surface area contributed by atoms with Gasteiger partial charge in [-0.1, -0.05) is 6.92 Å². The lowest BCUT2D eigenvalue weighted by Gasteiger charge is -2.31. The van der Waals surface area contributed by atoms with E-state index >= 15 is 0 Å². The van der Waals surface area contributed by atoms with Crippen LogP contribution in [0.2, 0.25) is 0 Å². The summed E-state index contributed by atoms with van der Waals surface area (Å²) in [6.07, 6.45) is 4.05. The number of nitrogens with zero attached hydrogens (tertiary/aromatic N) is 2. The van der Waals surface area contributed by atoms with E-state index in [1.165, 1.54) is 6.07 Å². The molecule has 3 rings (SSSR count). The summed E-state index contributed by atoms with van der Waals surface area (Å²) < 4.78 is 5.48. The highest BCUT2D eigenvalue weighted by Crippen LogP contribution is 2.32. The van der Waals surface area contributed by atoms with Gasteiger partial charge < -0.3 is 15.0 Å². The quantitative estimate of drug-likeness (QED) is 0.654. The number of nitrogens with one attached hydrogen (secondary N) is 1. The van der Waals surface area contributed by atoms with Crippen molar-refractivity contribution >= 4 is 17.3 Å². The third-order valence-corrected chi connectivity index (χ3v) is 5.07. The fraction of sp³-hybridized carbons (Fsp3) is 0.611. The smallest absolute Gasteiger partial charge is 0.293 e. The van der Waals surface area contributed by atoms with Gasteiger partial charge in [-0.05, 0) is 43.7 Å². The second kappa shape index (κ2) is 7.82. The maximum Gasteiger partial charge on any atom is 0.293 e. The van der Waals surface area contributed by atoms with Gasteiger partial charge in [-0.15, -0.1) is 0 Å². The SMILES string of the molecule is CC1CCN(c2ccc(C(=O)NC[C@H]3CCCO3)cc2[N+](=O)[O-])CC1. The van der Waals surface area contributed by atoms with Crippen LogP contribution in [-0.4, -0.2) is 43.2 Å². The molecule has 2 fully saturated rings. The van der Waals surface area contributed by atoms with Crippen LogP contribution in [0.15, 0.2) is 18.2 Å². The van der Waals surface area contributed by atoms with E-state index in [1.807, 2.05) is 4.90 Å². The normalized spacial score (nSPS) is 21.3. The summed E-state index contributed by atoms with van der Waals surface area (Å²) in [6.45, 7) is 5.00. The molecule has 1 atom stereocenters. The predicted octanol–water partition coefficient (Wildman–Crippen LogP) is 2.74. The van der Waals surface area contributed by atoms with Crippen molar-refractivity contribution in [2.45, 2.75) is 38.7 Å². The third-order valence-electron chi connectivity index (χ3n) is 5.07. The van der Waals surface area contributed by atoms with E-state index in [9.17, 15) is 14.9 Å². The number of carbonyl (C=O) groups excluding carboxylic acids is 1. The number of anilines is 1. The molecule has 1 aromatic rings. The lowest BCUT2D eigenvalue weighted by molar-refractivity contribution is -0.384. The van der Waals surface area contributed by atoms with E-state index in [0.29, 0.717) is 23.7 Å². The van der Waals surface area contributed by atoms with Crippen molar-refractivity contribution in [1.82, 2.24) is 5.32 Å². The van der Waals surface area contributed by atoms with Gasteiger partial charge in [0.15, 0.2) is 0 Å². The standard InChI is InChI=1S/C18H25N3O4/c1-13-6-8-20(9-7-13)16-5-4-14(11-17(16)21(23)24)18(22)19-12-15-3-2-10-25-15/h4-5,11,13,15H,2-3,6-10,12H2,1H3,(H,19,22)/t15-/m1/s1. The van der Waals surface area contributed by atoms with Crippen molar-refractivity contribution < 1.29 is 14.5 Å². The Morgan fingerprint density at radius 1 is 1.36 bits per heavy atom. The highest BCUT2D eigenvalue weighted by Gasteiger charge is 2.25. The van der Waals surface area contributed by atoms with Gasteiger partial charge in [0.05, 0.1) is 11.0 Å². The van der Waals surface area contributed by atoms with Crippen LogP contribution in [0.25, 0.3) is 0 Å². The predicted molar refractivity (Wildman–Crippen MR) is 95.0 cm³/mol. The summed E-state index contributed by atoms with van der Waals surface area (Å²) in [4.78, 5) is 25.5. The molecule has 0 bridgehead atoms. The second-order valence-electron chi connectivity index (χ2n) is 6.98. The first-order chi connectivity index (χ1) is 12.0. The Balaban J connectivity index is 1.71. The van der Waals surface area contributed by atoms with Gasteiger partial charge in [-0.3, -0.25) is 14.9 Å². The van der Waals surface area contributed by atoms with E-state index in [0.717, 1.165) is 45.4 Å². The minimum absolute atomic E-state index is 0.000630. The molecular formula is C18H25N3O4.